The molecule has 0 radical (unpaired) electrons. The number of fused-ring (bicyclic) bond motifs is 2. The van der Waals surface area contributed by atoms with Gasteiger partial charge in [-0.1, -0.05) is 19.3 Å². The van der Waals surface area contributed by atoms with E-state index in [1.807, 2.05) is 0 Å². The second-order valence-corrected chi connectivity index (χ2v) is 9.62. The molecule has 2 heterocycles. The molecule has 3 aliphatic rings. The second-order valence-electron chi connectivity index (χ2n) is 7.73. The van der Waals surface area contributed by atoms with Gasteiger partial charge in [0.15, 0.2) is 11.5 Å². The summed E-state index contributed by atoms with van der Waals surface area (Å²) in [7, 11) is -3.73. The molecule has 2 fully saturated rings. The van der Waals surface area contributed by atoms with Crippen molar-refractivity contribution in [3.05, 3.63) is 18.2 Å². The Balaban J connectivity index is 1.67. The lowest BCUT2D eigenvalue weighted by molar-refractivity contribution is -0.125. The average Bonchev–Trinajstić information content (AvgIpc) is 3.17. The monoisotopic (exact) mass is 408 g/mol. The van der Waals surface area contributed by atoms with Crippen LogP contribution in [0.4, 0.5) is 0 Å². The molecule has 1 N–H and O–H groups in total. The molecule has 2 aliphatic heterocycles. The highest BCUT2D eigenvalue weighted by atomic mass is 32.2. The summed E-state index contributed by atoms with van der Waals surface area (Å²) in [6.07, 6.45) is 6.04. The van der Waals surface area contributed by atoms with Gasteiger partial charge < -0.3 is 14.8 Å². The lowest BCUT2D eigenvalue weighted by Gasteiger charge is -2.32. The number of nitrogens with zero attached hydrogens (tertiary/aromatic N) is 1. The zero-order chi connectivity index (χ0) is 19.6. The number of benzene rings is 1. The van der Waals surface area contributed by atoms with Crippen LogP contribution in [-0.4, -0.2) is 51.0 Å². The second kappa shape index (κ2) is 8.29. The lowest BCUT2D eigenvalue weighted by Crippen LogP contribution is -2.47. The van der Waals surface area contributed by atoms with Crippen molar-refractivity contribution in [1.82, 2.24) is 9.62 Å². The maximum atomic E-state index is 13.6. The first-order valence-electron chi connectivity index (χ1n) is 10.3. The van der Waals surface area contributed by atoms with E-state index in [9.17, 15) is 13.2 Å². The summed E-state index contributed by atoms with van der Waals surface area (Å²) >= 11 is 0. The van der Waals surface area contributed by atoms with Crippen molar-refractivity contribution in [1.29, 1.82) is 0 Å². The molecule has 1 saturated heterocycles. The third-order valence-electron chi connectivity index (χ3n) is 5.91. The molecule has 2 unspecified atom stereocenters. The normalized spacial score (nSPS) is 26.8. The summed E-state index contributed by atoms with van der Waals surface area (Å²) in [5.41, 5.74) is 0. The zero-order valence-corrected chi connectivity index (χ0v) is 16.9. The minimum Gasteiger partial charge on any atom is -0.486 e. The Hall–Kier alpha value is -1.80. The number of carbonyl (C=O) groups is 1. The molecule has 0 aromatic heterocycles. The van der Waals surface area contributed by atoms with Gasteiger partial charge in [0.05, 0.1) is 10.8 Å². The molecule has 28 heavy (non-hydrogen) atoms. The topological polar surface area (TPSA) is 84.9 Å². The Labute approximate surface area is 166 Å². The summed E-state index contributed by atoms with van der Waals surface area (Å²) in [5, 5.41) is 3.01. The van der Waals surface area contributed by atoms with Gasteiger partial charge in [-0.05, 0) is 37.8 Å². The molecule has 0 spiro atoms. The van der Waals surface area contributed by atoms with Gasteiger partial charge in [0.2, 0.25) is 15.9 Å². The zero-order valence-electron chi connectivity index (χ0n) is 16.1. The third-order valence-corrected chi connectivity index (χ3v) is 7.83. The fourth-order valence-corrected chi connectivity index (χ4v) is 6.21. The Bertz CT molecular complexity index is 826. The van der Waals surface area contributed by atoms with Gasteiger partial charge in [0, 0.05) is 25.2 Å². The van der Waals surface area contributed by atoms with Gasteiger partial charge in [-0.15, -0.1) is 0 Å². The Morgan fingerprint density at radius 1 is 0.964 bits per heavy atom. The first-order chi connectivity index (χ1) is 13.6. The van der Waals surface area contributed by atoms with E-state index >= 15 is 0 Å². The smallest absolute Gasteiger partial charge is 0.243 e. The average molecular weight is 409 g/mol. The number of carbonyl (C=O) groups excluding carboxylic acids is 1. The van der Waals surface area contributed by atoms with Crippen LogP contribution >= 0.6 is 0 Å². The molecule has 7 nitrogen and oxygen atoms in total. The minimum atomic E-state index is -3.73. The number of ether oxygens (including phenoxy) is 2. The van der Waals surface area contributed by atoms with Crippen LogP contribution in [0.25, 0.3) is 0 Å². The van der Waals surface area contributed by atoms with Gasteiger partial charge >= 0.3 is 0 Å². The van der Waals surface area contributed by atoms with Crippen molar-refractivity contribution in [2.45, 2.75) is 55.9 Å². The number of nitrogens with one attached hydrogen (secondary N) is 1. The molecule has 1 aromatic rings. The van der Waals surface area contributed by atoms with Crippen molar-refractivity contribution < 1.29 is 22.7 Å². The summed E-state index contributed by atoms with van der Waals surface area (Å²) < 4.78 is 39.8. The van der Waals surface area contributed by atoms with Crippen LogP contribution in [0.1, 0.15) is 44.9 Å². The minimum absolute atomic E-state index is 0.00762. The molecule has 1 amide bonds. The maximum absolute atomic E-state index is 13.6. The lowest BCUT2D eigenvalue weighted by atomic mass is 10.0. The van der Waals surface area contributed by atoms with Crippen molar-refractivity contribution in [2.75, 3.05) is 26.3 Å². The quantitative estimate of drug-likeness (QED) is 0.812. The third kappa shape index (κ3) is 3.85. The van der Waals surface area contributed by atoms with E-state index in [1.165, 1.54) is 0 Å². The SMILES string of the molecule is O=C1NCCCCCCN(S(=O)(=O)c2ccc3c(c2)OCCO3)C2CCCC12. The van der Waals surface area contributed by atoms with Crippen molar-refractivity contribution >= 4 is 15.9 Å². The maximum Gasteiger partial charge on any atom is 0.243 e. The number of sulfonamides is 1. The highest BCUT2D eigenvalue weighted by Gasteiger charge is 2.42. The number of rotatable bonds is 2. The first kappa shape index (κ1) is 19.5. The highest BCUT2D eigenvalue weighted by molar-refractivity contribution is 7.89. The number of hydrogen-bond donors (Lipinski definition) is 1. The van der Waals surface area contributed by atoms with Crippen LogP contribution in [0.3, 0.4) is 0 Å². The van der Waals surface area contributed by atoms with E-state index < -0.39 is 10.0 Å². The molecule has 1 saturated carbocycles. The van der Waals surface area contributed by atoms with E-state index in [0.717, 1.165) is 44.9 Å². The summed E-state index contributed by atoms with van der Waals surface area (Å²) in [5.74, 6) is 0.753. The van der Waals surface area contributed by atoms with Crippen LogP contribution in [-0.2, 0) is 14.8 Å². The highest BCUT2D eigenvalue weighted by Crippen LogP contribution is 2.37. The summed E-state index contributed by atoms with van der Waals surface area (Å²) in [6, 6.07) is 4.51. The van der Waals surface area contributed by atoms with Crippen molar-refractivity contribution in [3.63, 3.8) is 0 Å². The van der Waals surface area contributed by atoms with E-state index in [-0.39, 0.29) is 22.8 Å². The number of amides is 1. The van der Waals surface area contributed by atoms with E-state index in [4.69, 9.17) is 9.47 Å². The van der Waals surface area contributed by atoms with Crippen LogP contribution in [0.5, 0.6) is 11.5 Å². The summed E-state index contributed by atoms with van der Waals surface area (Å²) in [6.45, 7) is 2.00. The van der Waals surface area contributed by atoms with Gasteiger partial charge in [-0.2, -0.15) is 4.31 Å². The Morgan fingerprint density at radius 3 is 2.61 bits per heavy atom. The van der Waals surface area contributed by atoms with E-state index in [1.54, 1.807) is 22.5 Å². The molecule has 2 atom stereocenters. The fourth-order valence-electron chi connectivity index (χ4n) is 4.46. The van der Waals surface area contributed by atoms with Crippen LogP contribution in [0.15, 0.2) is 23.1 Å². The molecular weight excluding hydrogens is 380 g/mol. The Morgan fingerprint density at radius 2 is 1.75 bits per heavy atom. The molecule has 154 valence electrons. The van der Waals surface area contributed by atoms with Gasteiger partial charge in [-0.25, -0.2) is 8.42 Å². The van der Waals surface area contributed by atoms with Crippen LogP contribution < -0.4 is 14.8 Å². The van der Waals surface area contributed by atoms with E-state index in [0.29, 0.717) is 37.8 Å². The van der Waals surface area contributed by atoms with Gasteiger partial charge in [-0.3, -0.25) is 4.79 Å². The molecule has 1 aliphatic carbocycles. The largest absolute Gasteiger partial charge is 0.486 e. The molecular formula is C20H28N2O5S. The predicted molar refractivity (Wildman–Crippen MR) is 104 cm³/mol. The van der Waals surface area contributed by atoms with Gasteiger partial charge in [0.1, 0.15) is 13.2 Å². The predicted octanol–water partition coefficient (Wildman–Crippen LogP) is 2.31. The fraction of sp³-hybridized carbons (Fsp3) is 0.650. The van der Waals surface area contributed by atoms with Crippen molar-refractivity contribution in [2.24, 2.45) is 5.92 Å². The van der Waals surface area contributed by atoms with Crippen molar-refractivity contribution in [3.8, 4) is 11.5 Å². The first-order valence-corrected chi connectivity index (χ1v) is 11.7. The summed E-state index contributed by atoms with van der Waals surface area (Å²) in [4.78, 5) is 12.9. The van der Waals surface area contributed by atoms with E-state index in [2.05, 4.69) is 5.32 Å². The van der Waals surface area contributed by atoms with Crippen LogP contribution in [0, 0.1) is 5.92 Å². The molecule has 4 rings (SSSR count). The Kier molecular flexibility index (Phi) is 5.78. The molecule has 0 bridgehead atoms. The molecule has 8 heteroatoms. The number of hydrogen-bond acceptors (Lipinski definition) is 5. The van der Waals surface area contributed by atoms with Gasteiger partial charge in [0.25, 0.3) is 0 Å². The molecule has 1 aromatic carbocycles. The standard InChI is InChI=1S/C20H28N2O5S/c23-20-16-6-5-7-17(16)22(11-4-2-1-3-10-21-20)28(24,25)15-8-9-18-19(14-15)27-13-12-26-18/h8-9,14,16-17H,1-7,10-13H2,(H,21,23). The van der Waals surface area contributed by atoms with Crippen LogP contribution in [0.2, 0.25) is 0 Å².